The number of hydrogen-bond acceptors (Lipinski definition) is 0. The molecule has 0 nitrogen and oxygen atoms in total. The van der Waals surface area contributed by atoms with Crippen LogP contribution in [0.25, 0.3) is 0 Å². The third-order valence-electron chi connectivity index (χ3n) is 6.87. The fraction of sp³-hybridized carbons (Fsp3) is 0.630. The van der Waals surface area contributed by atoms with Gasteiger partial charge in [0.15, 0.2) is 0 Å². The quantitative estimate of drug-likeness (QED) is 0.217. The molecular formula is C27H52BF4PRuSi4. The molecule has 0 N–H and O–H groups in total. The molecule has 1 aliphatic rings. The van der Waals surface area contributed by atoms with Crippen molar-refractivity contribution in [3.63, 3.8) is 0 Å². The average Bonchev–Trinajstić information content (AvgIpc) is 2.81. The number of halogens is 4. The van der Waals surface area contributed by atoms with Crippen molar-refractivity contribution in [1.82, 2.24) is 0 Å². The van der Waals surface area contributed by atoms with Gasteiger partial charge in [-0.3, -0.25) is 0 Å². The van der Waals surface area contributed by atoms with Crippen molar-refractivity contribution < 1.29 is 36.7 Å². The van der Waals surface area contributed by atoms with E-state index in [2.05, 4.69) is 119 Å². The molecule has 0 aliphatic heterocycles. The average molecular weight is 708 g/mol. The van der Waals surface area contributed by atoms with Gasteiger partial charge in [-0.05, 0) is 48.7 Å². The molecule has 1 aromatic heterocycles. The standard InChI is InChI=1S/C17H37PSi4.C10H15.BF4.Ru/c1-19(2,3)14-13-15(20(4,5)6)17(22(10,11)12)18-16(14)21(7,8)9;1-6-7(2)9(4)10(5)8(6)3;2-1(3,4)5;/h13H,1-12H3;1-5H3;;/q;;-1;+1. The Morgan fingerprint density at radius 2 is 0.737 bits per heavy atom. The van der Waals surface area contributed by atoms with Gasteiger partial charge in [-0.1, -0.05) is 121 Å². The largest absolute Gasteiger partial charge is 1.00 e. The Hall–Kier alpha value is 0.406. The molecule has 1 aliphatic carbocycles. The van der Waals surface area contributed by atoms with Crippen molar-refractivity contribution in [2.75, 3.05) is 0 Å². The first-order valence-electron chi connectivity index (χ1n) is 13.1. The summed E-state index contributed by atoms with van der Waals surface area (Å²) in [6.07, 6.45) is 0. The van der Waals surface area contributed by atoms with E-state index in [1.165, 1.54) is 28.2 Å². The minimum atomic E-state index is -6.00. The van der Waals surface area contributed by atoms with Crippen LogP contribution in [-0.4, -0.2) is 39.5 Å². The molecule has 0 amide bonds. The topological polar surface area (TPSA) is 0 Å². The van der Waals surface area contributed by atoms with Crippen molar-refractivity contribution in [3.05, 3.63) is 34.3 Å². The van der Waals surface area contributed by atoms with Gasteiger partial charge in [0.2, 0.25) is 0 Å². The van der Waals surface area contributed by atoms with Crippen LogP contribution in [0.1, 0.15) is 34.6 Å². The van der Waals surface area contributed by atoms with Crippen molar-refractivity contribution in [2.45, 2.75) is 113 Å². The number of allylic oxidation sites excluding steroid dienone is 4. The van der Waals surface area contributed by atoms with Gasteiger partial charge < -0.3 is 17.3 Å². The summed E-state index contributed by atoms with van der Waals surface area (Å²) in [5, 5.41) is 3.60. The van der Waals surface area contributed by atoms with E-state index in [4.69, 9.17) is 0 Å². The van der Waals surface area contributed by atoms with Crippen molar-refractivity contribution >= 4 is 68.0 Å². The summed E-state index contributed by atoms with van der Waals surface area (Å²) in [6, 6.07) is 2.72. The maximum atomic E-state index is 9.75. The van der Waals surface area contributed by atoms with Gasteiger partial charge in [0, 0.05) is 5.92 Å². The molecule has 0 atom stereocenters. The molecule has 0 fully saturated rings. The molecule has 2 radical (unpaired) electrons. The molecule has 0 saturated heterocycles. The third-order valence-corrected chi connectivity index (χ3v) is 20.8. The normalized spacial score (nSPS) is 15.5. The molecule has 0 unspecified atom stereocenters. The van der Waals surface area contributed by atoms with Gasteiger partial charge in [-0.25, -0.2) is 0 Å². The van der Waals surface area contributed by atoms with Crippen molar-refractivity contribution in [3.8, 4) is 0 Å². The summed E-state index contributed by atoms with van der Waals surface area (Å²) in [4.78, 5) is 3.71. The van der Waals surface area contributed by atoms with Crippen molar-refractivity contribution in [2.24, 2.45) is 0 Å². The van der Waals surface area contributed by atoms with Crippen LogP contribution in [0.4, 0.5) is 17.3 Å². The van der Waals surface area contributed by atoms with E-state index in [9.17, 15) is 17.3 Å². The van der Waals surface area contributed by atoms with Crippen LogP contribution < -0.4 is 20.2 Å². The summed E-state index contributed by atoms with van der Waals surface area (Å²) in [6.45, 7) is 41.5. The Labute approximate surface area is 251 Å². The van der Waals surface area contributed by atoms with E-state index in [0.717, 1.165) is 0 Å². The van der Waals surface area contributed by atoms with Gasteiger partial charge in [0.1, 0.15) is 0 Å². The molecule has 2 rings (SSSR count). The summed E-state index contributed by atoms with van der Waals surface area (Å²) in [5.41, 5.74) is 5.87. The SMILES string of the molecule is C[C]1C(C)=C(C)C(C)=C1C.C[Si](C)(C)c1cc([Si](C)(C)C)c([Si](C)(C)C)pc1[Si](C)(C)C.F[B-](F)(F)F.[Ru+]. The molecule has 0 saturated carbocycles. The fourth-order valence-electron chi connectivity index (χ4n) is 4.21. The molecule has 220 valence electrons. The summed E-state index contributed by atoms with van der Waals surface area (Å²) in [7, 11) is -9.47. The maximum absolute atomic E-state index is 9.75. The van der Waals surface area contributed by atoms with Crippen LogP contribution in [0, 0.1) is 5.92 Å². The van der Waals surface area contributed by atoms with Crippen LogP contribution in [0.15, 0.2) is 28.4 Å². The van der Waals surface area contributed by atoms with Gasteiger partial charge >= 0.3 is 26.7 Å². The Morgan fingerprint density at radius 3 is 0.868 bits per heavy atom. The van der Waals surface area contributed by atoms with E-state index in [1.807, 2.05) is 9.84 Å². The molecule has 0 bridgehead atoms. The first kappa shape index (κ1) is 40.5. The minimum Gasteiger partial charge on any atom is -0.418 e. The minimum absolute atomic E-state index is 0. The second kappa shape index (κ2) is 14.0. The van der Waals surface area contributed by atoms with E-state index in [0.29, 0.717) is 0 Å². The van der Waals surface area contributed by atoms with E-state index in [-0.39, 0.29) is 19.5 Å². The second-order valence-corrected chi connectivity index (χ2v) is 36.4. The van der Waals surface area contributed by atoms with E-state index >= 15 is 0 Å². The predicted molar refractivity (Wildman–Crippen MR) is 177 cm³/mol. The Bertz CT molecular complexity index is 898. The third kappa shape index (κ3) is 12.5. The van der Waals surface area contributed by atoms with Gasteiger partial charge in [0.25, 0.3) is 0 Å². The van der Waals surface area contributed by atoms with Crippen LogP contribution in [0.3, 0.4) is 0 Å². The monoisotopic (exact) mass is 708 g/mol. The Morgan fingerprint density at radius 1 is 0.500 bits per heavy atom. The zero-order chi connectivity index (χ0) is 30.1. The first-order chi connectivity index (χ1) is 16.0. The van der Waals surface area contributed by atoms with E-state index in [1.54, 1.807) is 18.6 Å². The van der Waals surface area contributed by atoms with Crippen molar-refractivity contribution in [1.29, 1.82) is 0 Å². The Balaban J connectivity index is 0. The molecule has 0 spiro atoms. The van der Waals surface area contributed by atoms with Gasteiger partial charge in [-0.15, -0.1) is 0 Å². The van der Waals surface area contributed by atoms with Gasteiger partial charge in [-0.2, -0.15) is 0 Å². The smallest absolute Gasteiger partial charge is 0.418 e. The first-order valence-corrected chi connectivity index (χ1v) is 28.0. The predicted octanol–water partition coefficient (Wildman–Crippen LogP) is 9.01. The molecule has 1 aromatic rings. The molecule has 11 heteroatoms. The number of rotatable bonds is 4. The maximum Gasteiger partial charge on any atom is 1.00 e. The second-order valence-electron chi connectivity index (χ2n) is 14.4. The molecule has 0 aromatic carbocycles. The molecular weight excluding hydrogens is 655 g/mol. The molecule has 38 heavy (non-hydrogen) atoms. The summed E-state index contributed by atoms with van der Waals surface area (Å²) < 4.78 is 39.0. The van der Waals surface area contributed by atoms with Crippen LogP contribution in [0.2, 0.25) is 78.6 Å². The summed E-state index contributed by atoms with van der Waals surface area (Å²) in [5.74, 6) is 1.47. The van der Waals surface area contributed by atoms with Gasteiger partial charge in [0.05, 0.1) is 32.3 Å². The summed E-state index contributed by atoms with van der Waals surface area (Å²) >= 11 is 0. The van der Waals surface area contributed by atoms with Crippen LogP contribution in [0.5, 0.6) is 0 Å². The zero-order valence-corrected chi connectivity index (χ0v) is 33.6. The zero-order valence-electron chi connectivity index (χ0n) is 27.0. The van der Waals surface area contributed by atoms with E-state index < -0.39 is 39.5 Å². The fourth-order valence-corrected chi connectivity index (χ4v) is 19.8. The van der Waals surface area contributed by atoms with Crippen LogP contribution in [-0.2, 0) is 19.5 Å². The Kier molecular flexibility index (Phi) is 15.0. The number of hydrogen-bond donors (Lipinski definition) is 0. The molecule has 1 heterocycles. The van der Waals surface area contributed by atoms with Crippen LogP contribution >= 0.6 is 8.19 Å².